The zero-order chi connectivity index (χ0) is 22.6. The van der Waals surface area contributed by atoms with Crippen molar-refractivity contribution in [3.05, 3.63) is 89.4 Å². The quantitative estimate of drug-likeness (QED) is 0.366. The summed E-state index contributed by atoms with van der Waals surface area (Å²) in [4.78, 5) is 21.7. The van der Waals surface area contributed by atoms with Crippen LogP contribution in [0.15, 0.2) is 72.0 Å². The zero-order valence-electron chi connectivity index (χ0n) is 18.2. The number of thioether (sulfide) groups is 1. The first-order valence-corrected chi connectivity index (χ1v) is 12.2. The van der Waals surface area contributed by atoms with Gasteiger partial charge >= 0.3 is 0 Å². The van der Waals surface area contributed by atoms with Crippen LogP contribution in [-0.4, -0.2) is 26.5 Å². The largest absolute Gasteiger partial charge is 0.349 e. The average Bonchev–Trinajstić information content (AvgIpc) is 3.47. The molecule has 2 aromatic heterocycles. The van der Waals surface area contributed by atoms with E-state index >= 15 is 0 Å². The molecule has 5 nitrogen and oxygen atoms in total. The number of fused-ring (bicyclic) bond motifs is 1. The molecule has 1 aliphatic rings. The third-order valence-corrected chi connectivity index (χ3v) is 7.08. The Morgan fingerprint density at radius 1 is 1.06 bits per heavy atom. The molecule has 33 heavy (non-hydrogen) atoms. The second-order valence-corrected chi connectivity index (χ2v) is 9.30. The molecule has 1 amide bonds. The molecule has 0 atom stereocenters. The molecular formula is C26H25FN4OS. The molecule has 1 fully saturated rings. The van der Waals surface area contributed by atoms with Gasteiger partial charge in [0.1, 0.15) is 11.3 Å². The van der Waals surface area contributed by atoms with Crippen LogP contribution in [0.25, 0.3) is 11.2 Å². The van der Waals surface area contributed by atoms with Crippen molar-refractivity contribution >= 4 is 28.8 Å². The molecule has 4 aromatic rings. The van der Waals surface area contributed by atoms with Gasteiger partial charge in [-0.05, 0) is 48.7 Å². The molecule has 2 aromatic carbocycles. The van der Waals surface area contributed by atoms with Crippen LogP contribution in [0.3, 0.4) is 0 Å². The lowest BCUT2D eigenvalue weighted by atomic mass is 10.1. The first-order valence-electron chi connectivity index (χ1n) is 11.2. The van der Waals surface area contributed by atoms with Crippen LogP contribution < -0.4 is 5.32 Å². The minimum atomic E-state index is -0.238. The third kappa shape index (κ3) is 4.93. The summed E-state index contributed by atoms with van der Waals surface area (Å²) in [6, 6.07) is 18.6. The maximum absolute atomic E-state index is 14.3. The van der Waals surface area contributed by atoms with E-state index in [0.717, 1.165) is 34.7 Å². The van der Waals surface area contributed by atoms with E-state index in [9.17, 15) is 9.18 Å². The molecule has 1 saturated carbocycles. The highest BCUT2D eigenvalue weighted by Crippen LogP contribution is 2.27. The first kappa shape index (κ1) is 21.6. The van der Waals surface area contributed by atoms with Gasteiger partial charge in [-0.25, -0.2) is 14.4 Å². The van der Waals surface area contributed by atoms with Crippen molar-refractivity contribution in [2.75, 3.05) is 0 Å². The van der Waals surface area contributed by atoms with Crippen LogP contribution in [0.2, 0.25) is 0 Å². The van der Waals surface area contributed by atoms with Crippen LogP contribution in [0.1, 0.15) is 47.2 Å². The summed E-state index contributed by atoms with van der Waals surface area (Å²) < 4.78 is 16.3. The van der Waals surface area contributed by atoms with Crippen molar-refractivity contribution in [1.82, 2.24) is 19.9 Å². The van der Waals surface area contributed by atoms with E-state index in [1.807, 2.05) is 47.0 Å². The van der Waals surface area contributed by atoms with E-state index in [4.69, 9.17) is 4.98 Å². The molecule has 0 spiro atoms. The molecule has 168 valence electrons. The number of hydrogen-bond donors (Lipinski definition) is 1. The molecule has 0 radical (unpaired) electrons. The van der Waals surface area contributed by atoms with Gasteiger partial charge in [0.15, 0.2) is 10.8 Å². The number of rotatable bonds is 7. The van der Waals surface area contributed by atoms with E-state index in [-0.39, 0.29) is 11.7 Å². The standard InChI is InChI=1S/C26H25FN4OS/c27-22-9-4-1-6-20(22)16-31-24-23(10-5-15-28-24)30-26(31)33-17-18-11-13-19(14-12-18)25(32)29-21-7-2-3-8-21/h1,4-6,9-15,21H,2-3,7-8,16-17H2,(H,29,32). The number of hydrogen-bond acceptors (Lipinski definition) is 4. The molecule has 0 unspecified atom stereocenters. The summed E-state index contributed by atoms with van der Waals surface area (Å²) in [5.41, 5.74) is 3.90. The minimum absolute atomic E-state index is 0.00106. The summed E-state index contributed by atoms with van der Waals surface area (Å²) in [7, 11) is 0. The number of benzene rings is 2. The molecule has 1 N–H and O–H groups in total. The first-order chi connectivity index (χ1) is 16.2. The number of amides is 1. The lowest BCUT2D eigenvalue weighted by Crippen LogP contribution is -2.32. The maximum atomic E-state index is 14.3. The van der Waals surface area contributed by atoms with Gasteiger partial charge in [0.2, 0.25) is 0 Å². The summed E-state index contributed by atoms with van der Waals surface area (Å²) >= 11 is 1.58. The van der Waals surface area contributed by atoms with Gasteiger partial charge in [-0.3, -0.25) is 9.36 Å². The Labute approximate surface area is 196 Å². The number of carbonyl (C=O) groups excluding carboxylic acids is 1. The molecule has 5 rings (SSSR count). The van der Waals surface area contributed by atoms with E-state index in [0.29, 0.717) is 29.5 Å². The van der Waals surface area contributed by atoms with E-state index in [1.54, 1.807) is 30.1 Å². The summed E-state index contributed by atoms with van der Waals surface area (Å²) in [5.74, 6) is 0.446. The fraction of sp³-hybridized carbons (Fsp3) is 0.269. The van der Waals surface area contributed by atoms with Gasteiger partial charge in [-0.15, -0.1) is 0 Å². The predicted octanol–water partition coefficient (Wildman–Crippen LogP) is 5.58. The average molecular weight is 461 g/mol. The lowest BCUT2D eigenvalue weighted by molar-refractivity contribution is 0.0938. The van der Waals surface area contributed by atoms with Crippen LogP contribution in [0, 0.1) is 5.82 Å². The van der Waals surface area contributed by atoms with Crippen molar-refractivity contribution in [3.8, 4) is 0 Å². The Kier molecular flexibility index (Phi) is 6.39. The Balaban J connectivity index is 1.31. The molecule has 2 heterocycles. The van der Waals surface area contributed by atoms with Gasteiger partial charge < -0.3 is 5.32 Å². The Morgan fingerprint density at radius 3 is 2.64 bits per heavy atom. The molecular weight excluding hydrogens is 435 g/mol. The van der Waals surface area contributed by atoms with Gasteiger partial charge in [0.25, 0.3) is 5.91 Å². The number of imidazole rings is 1. The molecule has 0 bridgehead atoms. The predicted molar refractivity (Wildman–Crippen MR) is 129 cm³/mol. The van der Waals surface area contributed by atoms with Crippen molar-refractivity contribution in [2.45, 2.75) is 49.2 Å². The Bertz CT molecular complexity index is 1270. The van der Waals surface area contributed by atoms with Gasteiger partial charge in [0.05, 0.1) is 6.54 Å². The number of nitrogens with one attached hydrogen (secondary N) is 1. The van der Waals surface area contributed by atoms with Crippen molar-refractivity contribution < 1.29 is 9.18 Å². The van der Waals surface area contributed by atoms with Crippen LogP contribution >= 0.6 is 11.8 Å². The third-order valence-electron chi connectivity index (χ3n) is 6.03. The van der Waals surface area contributed by atoms with Crippen molar-refractivity contribution in [2.24, 2.45) is 0 Å². The number of nitrogens with zero attached hydrogens (tertiary/aromatic N) is 3. The second kappa shape index (κ2) is 9.75. The van der Waals surface area contributed by atoms with E-state index in [2.05, 4.69) is 10.3 Å². The molecule has 1 aliphatic carbocycles. The smallest absolute Gasteiger partial charge is 0.251 e. The zero-order valence-corrected chi connectivity index (χ0v) is 19.0. The SMILES string of the molecule is O=C(NC1CCCC1)c1ccc(CSc2nc3cccnc3n2Cc2ccccc2F)cc1. The maximum Gasteiger partial charge on any atom is 0.251 e. The Morgan fingerprint density at radius 2 is 1.85 bits per heavy atom. The number of carbonyl (C=O) groups is 1. The number of pyridine rings is 1. The lowest BCUT2D eigenvalue weighted by Gasteiger charge is -2.12. The highest BCUT2D eigenvalue weighted by Gasteiger charge is 2.18. The van der Waals surface area contributed by atoms with Gasteiger partial charge in [0, 0.05) is 29.1 Å². The summed E-state index contributed by atoms with van der Waals surface area (Å²) in [6.45, 7) is 0.364. The van der Waals surface area contributed by atoms with Crippen LogP contribution in [0.4, 0.5) is 4.39 Å². The minimum Gasteiger partial charge on any atom is -0.349 e. The van der Waals surface area contributed by atoms with Crippen molar-refractivity contribution in [3.63, 3.8) is 0 Å². The second-order valence-electron chi connectivity index (χ2n) is 8.36. The number of halogens is 1. The molecule has 0 saturated heterocycles. The van der Waals surface area contributed by atoms with E-state index in [1.165, 1.54) is 18.9 Å². The van der Waals surface area contributed by atoms with Crippen molar-refractivity contribution in [1.29, 1.82) is 0 Å². The van der Waals surface area contributed by atoms with Gasteiger partial charge in [-0.2, -0.15) is 0 Å². The van der Waals surface area contributed by atoms with E-state index < -0.39 is 0 Å². The number of aromatic nitrogens is 3. The Hall–Kier alpha value is -3.19. The summed E-state index contributed by atoms with van der Waals surface area (Å²) in [5, 5.41) is 3.91. The van der Waals surface area contributed by atoms with Crippen LogP contribution in [0.5, 0.6) is 0 Å². The molecule has 0 aliphatic heterocycles. The topological polar surface area (TPSA) is 59.8 Å². The monoisotopic (exact) mass is 460 g/mol. The fourth-order valence-corrected chi connectivity index (χ4v) is 5.18. The fourth-order valence-electron chi connectivity index (χ4n) is 4.23. The normalized spacial score (nSPS) is 14.1. The highest BCUT2D eigenvalue weighted by atomic mass is 32.2. The van der Waals surface area contributed by atoms with Gasteiger partial charge in [-0.1, -0.05) is 54.9 Å². The van der Waals surface area contributed by atoms with Crippen LogP contribution in [-0.2, 0) is 12.3 Å². The highest BCUT2D eigenvalue weighted by molar-refractivity contribution is 7.98. The molecule has 7 heteroatoms. The summed E-state index contributed by atoms with van der Waals surface area (Å²) in [6.07, 6.45) is 6.26.